The van der Waals surface area contributed by atoms with Gasteiger partial charge in [-0.2, -0.15) is 0 Å². The molecule has 25 heavy (non-hydrogen) atoms. The van der Waals surface area contributed by atoms with Gasteiger partial charge in [0, 0.05) is 12.8 Å². The number of esters is 1. The number of ketones is 2. The molecular weight excluding hydrogens is 330 g/mol. The van der Waals surface area contributed by atoms with Crippen LogP contribution >= 0.6 is 0 Å². The molecule has 0 radical (unpaired) electrons. The topological polar surface area (TPSA) is 114 Å². The van der Waals surface area contributed by atoms with Gasteiger partial charge in [0.2, 0.25) is 0 Å². The van der Waals surface area contributed by atoms with Crippen molar-refractivity contribution in [2.75, 3.05) is 46.2 Å². The van der Waals surface area contributed by atoms with Gasteiger partial charge in [-0.1, -0.05) is 0 Å². The predicted octanol–water partition coefficient (Wildman–Crippen LogP) is 0.645. The van der Waals surface area contributed by atoms with Gasteiger partial charge in [0.1, 0.15) is 11.6 Å². The molecule has 0 aliphatic rings. The lowest BCUT2D eigenvalue weighted by Gasteiger charge is -2.28. The number of hydrogen-bond donors (Lipinski definition) is 1. The van der Waals surface area contributed by atoms with E-state index in [2.05, 4.69) is 0 Å². The van der Waals surface area contributed by atoms with E-state index in [0.717, 1.165) is 0 Å². The van der Waals surface area contributed by atoms with Gasteiger partial charge >= 0.3 is 5.97 Å². The van der Waals surface area contributed by atoms with E-state index in [-0.39, 0.29) is 63.6 Å². The van der Waals surface area contributed by atoms with E-state index in [1.807, 2.05) is 0 Å². The summed E-state index contributed by atoms with van der Waals surface area (Å²) in [5, 5.41) is 0. The summed E-state index contributed by atoms with van der Waals surface area (Å²) in [6, 6.07) is 0. The second-order valence-electron chi connectivity index (χ2n) is 5.98. The maximum Gasteiger partial charge on any atom is 0.308 e. The molecule has 0 unspecified atom stereocenters. The summed E-state index contributed by atoms with van der Waals surface area (Å²) in [5.74, 6) is -0.266. The molecule has 0 spiro atoms. The first-order valence-electron chi connectivity index (χ1n) is 8.45. The van der Waals surface area contributed by atoms with Gasteiger partial charge in [0.05, 0.1) is 58.2 Å². The minimum atomic E-state index is -0.928. The number of hydrogen-bond acceptors (Lipinski definition) is 8. The van der Waals surface area contributed by atoms with Crippen molar-refractivity contribution >= 4 is 17.5 Å². The SMILES string of the molecule is CCOC(=O)CCOCC(N)(COCCC(C)=O)COCCC(C)=O. The molecule has 0 aromatic carbocycles. The van der Waals surface area contributed by atoms with Gasteiger partial charge in [0.15, 0.2) is 0 Å². The van der Waals surface area contributed by atoms with Gasteiger partial charge < -0.3 is 24.7 Å². The highest BCUT2D eigenvalue weighted by atomic mass is 16.5. The highest BCUT2D eigenvalue weighted by Gasteiger charge is 2.27. The lowest BCUT2D eigenvalue weighted by atomic mass is 10.1. The summed E-state index contributed by atoms with van der Waals surface area (Å²) in [7, 11) is 0. The molecule has 0 atom stereocenters. The Hall–Kier alpha value is -1.35. The molecule has 8 nitrogen and oxygen atoms in total. The van der Waals surface area contributed by atoms with E-state index in [4.69, 9.17) is 24.7 Å². The zero-order valence-corrected chi connectivity index (χ0v) is 15.5. The predicted molar refractivity (Wildman–Crippen MR) is 91.2 cm³/mol. The molecule has 8 heteroatoms. The lowest BCUT2D eigenvalue weighted by Crippen LogP contribution is -2.53. The van der Waals surface area contributed by atoms with Crippen molar-refractivity contribution in [3.8, 4) is 0 Å². The summed E-state index contributed by atoms with van der Waals surface area (Å²) in [5.41, 5.74) is 5.32. The molecule has 0 aromatic rings. The standard InChI is InChI=1S/C17H31NO7/c1-4-25-16(21)7-10-24-13-17(18,11-22-8-5-14(2)19)12-23-9-6-15(3)20/h4-13,18H2,1-3H3. The largest absolute Gasteiger partial charge is 0.466 e. The number of rotatable bonds is 16. The Morgan fingerprint density at radius 2 is 1.20 bits per heavy atom. The van der Waals surface area contributed by atoms with Crippen LogP contribution in [0.3, 0.4) is 0 Å². The maximum absolute atomic E-state index is 11.3. The monoisotopic (exact) mass is 361 g/mol. The van der Waals surface area contributed by atoms with Crippen LogP contribution < -0.4 is 5.73 Å². The number of carbonyl (C=O) groups is 3. The van der Waals surface area contributed by atoms with E-state index in [1.165, 1.54) is 13.8 Å². The van der Waals surface area contributed by atoms with Crippen LogP contribution in [0.2, 0.25) is 0 Å². The van der Waals surface area contributed by atoms with Crippen LogP contribution in [0.4, 0.5) is 0 Å². The van der Waals surface area contributed by atoms with Crippen LogP contribution in [0.1, 0.15) is 40.0 Å². The van der Waals surface area contributed by atoms with Crippen molar-refractivity contribution < 1.29 is 33.3 Å². The minimum Gasteiger partial charge on any atom is -0.466 e. The summed E-state index contributed by atoms with van der Waals surface area (Å²) in [6.45, 7) is 6.15. The van der Waals surface area contributed by atoms with Crippen molar-refractivity contribution in [2.45, 2.75) is 45.6 Å². The first-order chi connectivity index (χ1) is 11.8. The molecular formula is C17H31NO7. The van der Waals surface area contributed by atoms with E-state index < -0.39 is 5.54 Å². The Bertz CT molecular complexity index is 390. The third kappa shape index (κ3) is 14.7. The van der Waals surface area contributed by atoms with Gasteiger partial charge in [-0.05, 0) is 20.8 Å². The smallest absolute Gasteiger partial charge is 0.308 e. The Morgan fingerprint density at radius 3 is 1.56 bits per heavy atom. The number of carbonyl (C=O) groups excluding carboxylic acids is 3. The van der Waals surface area contributed by atoms with E-state index >= 15 is 0 Å². The van der Waals surface area contributed by atoms with Gasteiger partial charge in [-0.15, -0.1) is 0 Å². The Morgan fingerprint density at radius 1 is 0.800 bits per heavy atom. The molecule has 0 bridgehead atoms. The highest BCUT2D eigenvalue weighted by Crippen LogP contribution is 2.06. The van der Waals surface area contributed by atoms with Crippen molar-refractivity contribution in [2.24, 2.45) is 5.73 Å². The fourth-order valence-electron chi connectivity index (χ4n) is 1.77. The average molecular weight is 361 g/mol. The minimum absolute atomic E-state index is 0.0333. The molecule has 2 N–H and O–H groups in total. The number of Topliss-reactive ketones (excluding diaryl/α,β-unsaturated/α-hetero) is 2. The van der Waals surface area contributed by atoms with Crippen LogP contribution in [0.15, 0.2) is 0 Å². The van der Waals surface area contributed by atoms with Crippen LogP contribution in [0.25, 0.3) is 0 Å². The van der Waals surface area contributed by atoms with Gasteiger partial charge in [-0.3, -0.25) is 14.4 Å². The van der Waals surface area contributed by atoms with Crippen LogP contribution in [0.5, 0.6) is 0 Å². The van der Waals surface area contributed by atoms with Crippen molar-refractivity contribution in [1.29, 1.82) is 0 Å². The quantitative estimate of drug-likeness (QED) is 0.315. The second kappa shape index (κ2) is 13.9. The normalized spacial score (nSPS) is 11.4. The van der Waals surface area contributed by atoms with Crippen LogP contribution in [-0.4, -0.2) is 69.3 Å². The molecule has 146 valence electrons. The highest BCUT2D eigenvalue weighted by molar-refractivity contribution is 5.75. The zero-order chi connectivity index (χ0) is 19.1. The Kier molecular flexibility index (Phi) is 13.1. The van der Waals surface area contributed by atoms with Crippen LogP contribution in [0, 0.1) is 0 Å². The first kappa shape index (κ1) is 23.6. The molecule has 0 aliphatic carbocycles. The third-order valence-electron chi connectivity index (χ3n) is 3.12. The van der Waals surface area contributed by atoms with Crippen molar-refractivity contribution in [1.82, 2.24) is 0 Å². The van der Waals surface area contributed by atoms with Crippen molar-refractivity contribution in [3.05, 3.63) is 0 Å². The van der Waals surface area contributed by atoms with Gasteiger partial charge in [-0.25, -0.2) is 0 Å². The molecule has 0 aromatic heterocycles. The fourth-order valence-corrected chi connectivity index (χ4v) is 1.77. The zero-order valence-electron chi connectivity index (χ0n) is 15.5. The van der Waals surface area contributed by atoms with E-state index in [0.29, 0.717) is 19.4 Å². The maximum atomic E-state index is 11.3. The molecule has 0 saturated carbocycles. The van der Waals surface area contributed by atoms with Crippen LogP contribution in [-0.2, 0) is 33.3 Å². The fraction of sp³-hybridized carbons (Fsp3) is 0.824. The molecule has 0 aliphatic heterocycles. The Balaban J connectivity index is 4.26. The average Bonchev–Trinajstić information content (AvgIpc) is 2.53. The molecule has 0 heterocycles. The summed E-state index contributed by atoms with van der Waals surface area (Å²) < 4.78 is 21.1. The molecule has 0 fully saturated rings. The summed E-state index contributed by atoms with van der Waals surface area (Å²) in [4.78, 5) is 33.1. The summed E-state index contributed by atoms with van der Waals surface area (Å²) in [6.07, 6.45) is 0.760. The third-order valence-corrected chi connectivity index (χ3v) is 3.12. The number of ether oxygens (including phenoxy) is 4. The lowest BCUT2D eigenvalue weighted by molar-refractivity contribution is -0.144. The molecule has 0 saturated heterocycles. The van der Waals surface area contributed by atoms with E-state index in [9.17, 15) is 14.4 Å². The van der Waals surface area contributed by atoms with E-state index in [1.54, 1.807) is 6.92 Å². The van der Waals surface area contributed by atoms with Gasteiger partial charge in [0.25, 0.3) is 0 Å². The number of nitrogens with two attached hydrogens (primary N) is 1. The first-order valence-corrected chi connectivity index (χ1v) is 8.45. The second-order valence-corrected chi connectivity index (χ2v) is 5.98. The molecule has 0 rings (SSSR count). The molecule has 0 amide bonds. The summed E-state index contributed by atoms with van der Waals surface area (Å²) >= 11 is 0. The Labute approximate surface area is 149 Å². The van der Waals surface area contributed by atoms with Crippen molar-refractivity contribution in [3.63, 3.8) is 0 Å².